The molecule has 0 radical (unpaired) electrons. The van der Waals surface area contributed by atoms with Crippen molar-refractivity contribution in [1.29, 1.82) is 0 Å². The van der Waals surface area contributed by atoms with Crippen LogP contribution in [-0.2, 0) is 9.59 Å². The topological polar surface area (TPSA) is 37.4 Å². The number of benzene rings is 3. The third-order valence-corrected chi connectivity index (χ3v) is 5.76. The van der Waals surface area contributed by atoms with Crippen molar-refractivity contribution in [2.24, 2.45) is 0 Å². The van der Waals surface area contributed by atoms with Gasteiger partial charge >= 0.3 is 0 Å². The number of rotatable bonds is 4. The van der Waals surface area contributed by atoms with Crippen molar-refractivity contribution in [3.05, 3.63) is 100 Å². The van der Waals surface area contributed by atoms with Crippen LogP contribution in [0.1, 0.15) is 16.7 Å². The van der Waals surface area contributed by atoms with Gasteiger partial charge in [0, 0.05) is 4.90 Å². The summed E-state index contributed by atoms with van der Waals surface area (Å²) in [7, 11) is 0. The normalized spacial score (nSPS) is 14.1. The van der Waals surface area contributed by atoms with Gasteiger partial charge in [-0.3, -0.25) is 9.59 Å². The van der Waals surface area contributed by atoms with Gasteiger partial charge in [-0.2, -0.15) is 0 Å². The molecule has 4 heteroatoms. The van der Waals surface area contributed by atoms with E-state index in [0.29, 0.717) is 16.2 Å². The number of para-hydroxylation sites is 1. The van der Waals surface area contributed by atoms with Crippen molar-refractivity contribution in [3.63, 3.8) is 0 Å². The van der Waals surface area contributed by atoms with Gasteiger partial charge in [0.1, 0.15) is 0 Å². The zero-order valence-electron chi connectivity index (χ0n) is 15.7. The Morgan fingerprint density at radius 3 is 2.04 bits per heavy atom. The minimum atomic E-state index is -0.278. The quantitative estimate of drug-likeness (QED) is 0.566. The molecule has 3 nitrogen and oxygen atoms in total. The smallest absolute Gasteiger partial charge is 0.268 e. The second kappa shape index (κ2) is 7.49. The molecule has 4 rings (SSSR count). The van der Waals surface area contributed by atoms with Crippen LogP contribution in [0.25, 0.3) is 5.57 Å². The summed E-state index contributed by atoms with van der Waals surface area (Å²) in [6, 6.07) is 24.7. The van der Waals surface area contributed by atoms with Crippen molar-refractivity contribution in [2.75, 3.05) is 4.90 Å². The fraction of sp³-hybridized carbons (Fsp3) is 0.0833. The second-order valence-electron chi connectivity index (χ2n) is 6.72. The van der Waals surface area contributed by atoms with Gasteiger partial charge in [-0.1, -0.05) is 71.9 Å². The van der Waals surface area contributed by atoms with Crippen LogP contribution < -0.4 is 4.90 Å². The molecule has 138 valence electrons. The molecule has 1 heterocycles. The summed E-state index contributed by atoms with van der Waals surface area (Å²) < 4.78 is 0. The Morgan fingerprint density at radius 1 is 0.750 bits per heavy atom. The highest BCUT2D eigenvalue weighted by Gasteiger charge is 2.40. The first kappa shape index (κ1) is 18.3. The second-order valence-corrected chi connectivity index (χ2v) is 7.80. The molecule has 0 bridgehead atoms. The van der Waals surface area contributed by atoms with Crippen LogP contribution in [0, 0.1) is 13.8 Å². The maximum atomic E-state index is 13.4. The molecule has 0 aromatic heterocycles. The summed E-state index contributed by atoms with van der Waals surface area (Å²) in [5.74, 6) is -0.554. The molecular weight excluding hydrogens is 366 g/mol. The number of aryl methyl sites for hydroxylation is 2. The number of imide groups is 1. The summed E-state index contributed by atoms with van der Waals surface area (Å²) in [5, 5.41) is 0. The number of amides is 2. The highest BCUT2D eigenvalue weighted by atomic mass is 32.2. The van der Waals surface area contributed by atoms with E-state index < -0.39 is 0 Å². The van der Waals surface area contributed by atoms with Crippen LogP contribution in [0.2, 0.25) is 0 Å². The molecule has 1 aliphatic rings. The van der Waals surface area contributed by atoms with Gasteiger partial charge in [0.05, 0.1) is 16.2 Å². The summed E-state index contributed by atoms with van der Waals surface area (Å²) in [5.41, 5.74) is 3.97. The van der Waals surface area contributed by atoms with E-state index in [1.165, 1.54) is 16.7 Å². The molecule has 0 N–H and O–H groups in total. The predicted molar refractivity (Wildman–Crippen MR) is 114 cm³/mol. The number of thioether (sulfide) groups is 1. The van der Waals surface area contributed by atoms with E-state index in [9.17, 15) is 9.59 Å². The van der Waals surface area contributed by atoms with Crippen LogP contribution in [0.4, 0.5) is 5.69 Å². The largest absolute Gasteiger partial charge is 0.272 e. The fourth-order valence-electron chi connectivity index (χ4n) is 3.35. The number of hydrogen-bond acceptors (Lipinski definition) is 3. The van der Waals surface area contributed by atoms with Crippen LogP contribution in [0.3, 0.4) is 0 Å². The molecule has 0 fully saturated rings. The lowest BCUT2D eigenvalue weighted by molar-refractivity contribution is -0.119. The van der Waals surface area contributed by atoms with E-state index in [1.807, 2.05) is 80.6 Å². The van der Waals surface area contributed by atoms with Gasteiger partial charge in [0.15, 0.2) is 0 Å². The first-order valence-electron chi connectivity index (χ1n) is 9.05. The lowest BCUT2D eigenvalue weighted by atomic mass is 9.99. The summed E-state index contributed by atoms with van der Waals surface area (Å²) in [6.45, 7) is 3.99. The number of carbonyl (C=O) groups is 2. The maximum absolute atomic E-state index is 13.4. The van der Waals surface area contributed by atoms with Gasteiger partial charge in [-0.15, -0.1) is 0 Å². The van der Waals surface area contributed by atoms with Gasteiger partial charge in [-0.25, -0.2) is 4.90 Å². The minimum absolute atomic E-state index is 0.276. The van der Waals surface area contributed by atoms with Crippen molar-refractivity contribution in [2.45, 2.75) is 18.7 Å². The standard InChI is InChI=1S/C24H19NO2S/c1-16-13-14-20(17(2)15-16)21-22(28-19-11-7-4-8-12-19)24(27)25(23(21)26)18-9-5-3-6-10-18/h3-15H,1-2H3. The summed E-state index contributed by atoms with van der Waals surface area (Å²) in [4.78, 5) is 29.4. The van der Waals surface area contributed by atoms with Crippen LogP contribution in [0.5, 0.6) is 0 Å². The third kappa shape index (κ3) is 3.27. The SMILES string of the molecule is Cc1ccc(C2=C(Sc3ccccc3)C(=O)N(c3ccccc3)C2=O)c(C)c1. The van der Waals surface area contributed by atoms with Crippen molar-refractivity contribution in [1.82, 2.24) is 0 Å². The minimum Gasteiger partial charge on any atom is -0.268 e. The van der Waals surface area contributed by atoms with E-state index in [1.54, 1.807) is 12.1 Å². The van der Waals surface area contributed by atoms with Crippen molar-refractivity contribution >= 4 is 34.8 Å². The van der Waals surface area contributed by atoms with Gasteiger partial charge in [0.2, 0.25) is 0 Å². The Morgan fingerprint density at radius 2 is 1.39 bits per heavy atom. The molecule has 0 saturated carbocycles. The summed E-state index contributed by atoms with van der Waals surface area (Å²) >= 11 is 1.34. The molecule has 0 aliphatic carbocycles. The van der Waals surface area contributed by atoms with E-state index in [4.69, 9.17) is 0 Å². The van der Waals surface area contributed by atoms with Crippen molar-refractivity contribution in [3.8, 4) is 0 Å². The van der Waals surface area contributed by atoms with Gasteiger partial charge < -0.3 is 0 Å². The average molecular weight is 385 g/mol. The molecular formula is C24H19NO2S. The Balaban J connectivity index is 1.87. The molecule has 28 heavy (non-hydrogen) atoms. The van der Waals surface area contributed by atoms with E-state index in [2.05, 4.69) is 0 Å². The Hall–Kier alpha value is -3.11. The Labute approximate surface area is 168 Å². The first-order chi connectivity index (χ1) is 13.6. The highest BCUT2D eigenvalue weighted by molar-refractivity contribution is 8.04. The van der Waals surface area contributed by atoms with Crippen LogP contribution in [-0.4, -0.2) is 11.8 Å². The van der Waals surface area contributed by atoms with E-state index >= 15 is 0 Å². The average Bonchev–Trinajstić information content (AvgIpc) is 2.93. The Kier molecular flexibility index (Phi) is 4.88. The van der Waals surface area contributed by atoms with Crippen molar-refractivity contribution < 1.29 is 9.59 Å². The molecule has 1 aliphatic heterocycles. The number of anilines is 1. The van der Waals surface area contributed by atoms with E-state index in [-0.39, 0.29) is 11.8 Å². The predicted octanol–water partition coefficient (Wildman–Crippen LogP) is 5.38. The molecule has 2 amide bonds. The number of nitrogens with zero attached hydrogens (tertiary/aromatic N) is 1. The first-order valence-corrected chi connectivity index (χ1v) is 9.86. The lowest BCUT2D eigenvalue weighted by Gasteiger charge is -2.15. The highest BCUT2D eigenvalue weighted by Crippen LogP contribution is 2.42. The molecule has 3 aromatic rings. The van der Waals surface area contributed by atoms with Crippen LogP contribution >= 0.6 is 11.8 Å². The molecule has 0 saturated heterocycles. The third-order valence-electron chi connectivity index (χ3n) is 4.67. The molecule has 3 aromatic carbocycles. The molecule has 0 spiro atoms. The monoisotopic (exact) mass is 385 g/mol. The zero-order chi connectivity index (χ0) is 19.7. The Bertz CT molecular complexity index is 1090. The van der Waals surface area contributed by atoms with Gasteiger partial charge in [-0.05, 0) is 49.2 Å². The zero-order valence-corrected chi connectivity index (χ0v) is 16.5. The molecule has 0 atom stereocenters. The summed E-state index contributed by atoms with van der Waals surface area (Å²) in [6.07, 6.45) is 0. The molecule has 0 unspecified atom stereocenters. The maximum Gasteiger partial charge on any atom is 0.272 e. The fourth-order valence-corrected chi connectivity index (χ4v) is 4.36. The van der Waals surface area contributed by atoms with Crippen LogP contribution in [0.15, 0.2) is 88.7 Å². The van der Waals surface area contributed by atoms with E-state index in [0.717, 1.165) is 21.6 Å². The number of hydrogen-bond donors (Lipinski definition) is 0. The number of carbonyl (C=O) groups excluding carboxylic acids is 2. The lowest BCUT2D eigenvalue weighted by Crippen LogP contribution is -2.31. The van der Waals surface area contributed by atoms with Gasteiger partial charge in [0.25, 0.3) is 11.8 Å².